The van der Waals surface area contributed by atoms with E-state index in [9.17, 15) is 5.11 Å². The summed E-state index contributed by atoms with van der Waals surface area (Å²) in [4.78, 5) is 9.58. The maximum atomic E-state index is 10.5. The summed E-state index contributed by atoms with van der Waals surface area (Å²) in [5.41, 5.74) is 4.22. The van der Waals surface area contributed by atoms with Gasteiger partial charge in [0.15, 0.2) is 0 Å². The van der Waals surface area contributed by atoms with E-state index in [4.69, 9.17) is 14.7 Å². The first-order valence-corrected chi connectivity index (χ1v) is 12.2. The molecule has 0 spiro atoms. The van der Waals surface area contributed by atoms with Crippen molar-refractivity contribution in [2.45, 2.75) is 26.2 Å². The third kappa shape index (κ3) is 4.70. The minimum Gasteiger partial charge on any atom is -0.507 e. The van der Waals surface area contributed by atoms with Crippen LogP contribution in [0.25, 0.3) is 38.9 Å². The van der Waals surface area contributed by atoms with Crippen molar-refractivity contribution >= 4 is 21.8 Å². The number of aromatic nitrogens is 3. The molecule has 0 aliphatic carbocycles. The van der Waals surface area contributed by atoms with Gasteiger partial charge in [-0.25, -0.2) is 4.98 Å². The van der Waals surface area contributed by atoms with Crippen LogP contribution in [0, 0.1) is 6.07 Å². The quantitative estimate of drug-likeness (QED) is 0.193. The Balaban J connectivity index is 0.00000294. The summed E-state index contributed by atoms with van der Waals surface area (Å²) in [5, 5.41) is 12.7. The number of phenols is 1. The van der Waals surface area contributed by atoms with E-state index in [2.05, 4.69) is 49.6 Å². The molecule has 192 valence electrons. The van der Waals surface area contributed by atoms with Gasteiger partial charge in [0.2, 0.25) is 11.8 Å². The first kappa shape index (κ1) is 25.7. The maximum Gasteiger partial charge on any atom is 0.223 e. The topological polar surface area (TPSA) is 60.2 Å². The van der Waals surface area contributed by atoms with Gasteiger partial charge in [-0.3, -0.25) is 0 Å². The smallest absolute Gasteiger partial charge is 0.223 e. The average Bonchev–Trinajstić information content (AvgIpc) is 3.23. The molecule has 0 aliphatic heterocycles. The van der Waals surface area contributed by atoms with E-state index in [1.807, 2.05) is 66.7 Å². The number of nitrogens with zero attached hydrogens (tertiary/aromatic N) is 3. The SMILES string of the molecule is CC(C)(C)c1cc(Oc2cccc(-n3c4[c-]cccc4c4ccccc43)n2)nc(-c2ccccc2O)c1.[Pt]. The van der Waals surface area contributed by atoms with Gasteiger partial charge in [-0.05, 0) is 46.7 Å². The fourth-order valence-electron chi connectivity index (χ4n) is 4.60. The molecule has 0 bridgehead atoms. The normalized spacial score (nSPS) is 11.4. The van der Waals surface area contributed by atoms with Crippen LogP contribution in [0.4, 0.5) is 0 Å². The van der Waals surface area contributed by atoms with E-state index >= 15 is 0 Å². The summed E-state index contributed by atoms with van der Waals surface area (Å²) in [6.45, 7) is 6.41. The maximum absolute atomic E-state index is 10.5. The predicted octanol–water partition coefficient (Wildman–Crippen LogP) is 7.83. The van der Waals surface area contributed by atoms with Crippen molar-refractivity contribution in [1.29, 1.82) is 0 Å². The molecule has 3 aromatic heterocycles. The molecule has 3 heterocycles. The first-order valence-electron chi connectivity index (χ1n) is 12.2. The number of benzene rings is 3. The minimum atomic E-state index is -0.145. The number of fused-ring (bicyclic) bond motifs is 3. The number of hydrogen-bond acceptors (Lipinski definition) is 4. The van der Waals surface area contributed by atoms with E-state index in [0.29, 0.717) is 23.0 Å². The molecular formula is C32H26N3O2Pt-. The third-order valence-corrected chi connectivity index (χ3v) is 6.49. The number of ether oxygens (including phenoxy) is 1. The summed E-state index contributed by atoms with van der Waals surface area (Å²) in [6.07, 6.45) is 0. The molecule has 0 saturated heterocycles. The van der Waals surface area contributed by atoms with Crippen LogP contribution in [0.3, 0.4) is 0 Å². The Morgan fingerprint density at radius 3 is 2.37 bits per heavy atom. The van der Waals surface area contributed by atoms with E-state index in [1.54, 1.807) is 12.1 Å². The van der Waals surface area contributed by atoms with E-state index in [0.717, 1.165) is 33.2 Å². The minimum absolute atomic E-state index is 0. The Morgan fingerprint density at radius 1 is 0.789 bits per heavy atom. The van der Waals surface area contributed by atoms with Gasteiger partial charge in [-0.15, -0.1) is 5.39 Å². The second kappa shape index (κ2) is 10.1. The van der Waals surface area contributed by atoms with E-state index in [1.165, 1.54) is 0 Å². The van der Waals surface area contributed by atoms with Gasteiger partial charge in [-0.2, -0.15) is 29.2 Å². The van der Waals surface area contributed by atoms with E-state index in [-0.39, 0.29) is 32.2 Å². The van der Waals surface area contributed by atoms with Crippen molar-refractivity contribution < 1.29 is 30.9 Å². The standard InChI is InChI=1S/C32H26N3O2.Pt/c1-32(2,3)21-19-25(24-13-6-9-16-28(24)36)33-31(20-21)37-30-18-10-17-29(34-30)35-26-14-7-4-11-22(26)23-12-5-8-15-27(23)35;/h4-14,16-20,36H,1-3H3;/q-1;. The number of para-hydroxylation sites is 3. The monoisotopic (exact) mass is 679 g/mol. The molecular weight excluding hydrogens is 653 g/mol. The molecule has 6 rings (SSSR count). The van der Waals surface area contributed by atoms with E-state index < -0.39 is 0 Å². The predicted molar refractivity (Wildman–Crippen MR) is 148 cm³/mol. The number of hydrogen-bond donors (Lipinski definition) is 1. The molecule has 5 nitrogen and oxygen atoms in total. The molecule has 0 saturated carbocycles. The first-order chi connectivity index (χ1) is 17.9. The Kier molecular flexibility index (Phi) is 6.81. The van der Waals surface area contributed by atoms with Gasteiger partial charge in [0.1, 0.15) is 11.6 Å². The molecule has 0 fully saturated rings. The van der Waals surface area contributed by atoms with Crippen LogP contribution in [0.1, 0.15) is 26.3 Å². The zero-order chi connectivity index (χ0) is 25.6. The molecule has 6 aromatic rings. The molecule has 1 N–H and O–H groups in total. The van der Waals surface area contributed by atoms with Crippen molar-refractivity contribution in [3.05, 3.63) is 109 Å². The molecule has 0 aliphatic rings. The fourth-order valence-corrected chi connectivity index (χ4v) is 4.60. The Labute approximate surface area is 236 Å². The van der Waals surface area contributed by atoms with Gasteiger partial charge >= 0.3 is 0 Å². The number of pyridine rings is 2. The van der Waals surface area contributed by atoms with Gasteiger partial charge in [0.05, 0.1) is 5.69 Å². The van der Waals surface area contributed by atoms with Gasteiger partial charge < -0.3 is 14.4 Å². The number of phenolic OH excluding ortho intramolecular Hbond substituents is 1. The molecule has 3 aromatic carbocycles. The largest absolute Gasteiger partial charge is 0.507 e. The summed E-state index contributed by atoms with van der Waals surface area (Å²) in [6, 6.07) is 34.5. The third-order valence-electron chi connectivity index (χ3n) is 6.49. The van der Waals surface area contributed by atoms with Gasteiger partial charge in [-0.1, -0.05) is 62.7 Å². The second-order valence-corrected chi connectivity index (χ2v) is 10.1. The molecule has 6 heteroatoms. The number of rotatable bonds is 4. The number of aromatic hydroxyl groups is 1. The Morgan fingerprint density at radius 2 is 1.55 bits per heavy atom. The molecule has 0 amide bonds. The summed E-state index contributed by atoms with van der Waals surface area (Å²) >= 11 is 0. The van der Waals surface area contributed by atoms with Crippen molar-refractivity contribution in [2.24, 2.45) is 0 Å². The van der Waals surface area contributed by atoms with Crippen molar-refractivity contribution in [3.8, 4) is 34.6 Å². The van der Waals surface area contributed by atoms with Gasteiger partial charge in [0, 0.05) is 44.3 Å². The molecule has 0 unspecified atom stereocenters. The summed E-state index contributed by atoms with van der Waals surface area (Å²) in [7, 11) is 0. The average molecular weight is 680 g/mol. The zero-order valence-corrected chi connectivity index (χ0v) is 23.5. The van der Waals surface area contributed by atoms with Crippen molar-refractivity contribution in [3.63, 3.8) is 0 Å². The van der Waals surface area contributed by atoms with Crippen LogP contribution in [-0.2, 0) is 26.5 Å². The van der Waals surface area contributed by atoms with Crippen molar-refractivity contribution in [1.82, 2.24) is 14.5 Å². The van der Waals surface area contributed by atoms with Crippen LogP contribution >= 0.6 is 0 Å². The second-order valence-electron chi connectivity index (χ2n) is 10.1. The van der Waals surface area contributed by atoms with Crippen LogP contribution in [0.2, 0.25) is 0 Å². The Bertz CT molecular complexity index is 1720. The van der Waals surface area contributed by atoms with Crippen molar-refractivity contribution in [2.75, 3.05) is 0 Å². The molecule has 0 radical (unpaired) electrons. The summed E-state index contributed by atoms with van der Waals surface area (Å²) in [5.74, 6) is 1.76. The van der Waals surface area contributed by atoms with Crippen LogP contribution in [0.5, 0.6) is 17.5 Å². The fraction of sp³-hybridized carbons (Fsp3) is 0.125. The van der Waals surface area contributed by atoms with Crippen LogP contribution in [0.15, 0.2) is 97.1 Å². The zero-order valence-electron chi connectivity index (χ0n) is 21.3. The summed E-state index contributed by atoms with van der Waals surface area (Å²) < 4.78 is 8.35. The Hall–Kier alpha value is -3.95. The molecule has 38 heavy (non-hydrogen) atoms. The van der Waals surface area contributed by atoms with Gasteiger partial charge in [0.25, 0.3) is 0 Å². The van der Waals surface area contributed by atoms with Crippen LogP contribution < -0.4 is 4.74 Å². The molecule has 0 atom stereocenters. The van der Waals surface area contributed by atoms with Crippen LogP contribution in [-0.4, -0.2) is 19.6 Å².